The Bertz CT molecular complexity index is 753. The maximum Gasteiger partial charge on any atom is 0.271 e. The van der Waals surface area contributed by atoms with E-state index in [4.69, 9.17) is 23.8 Å². The van der Waals surface area contributed by atoms with Crippen LogP contribution in [0.1, 0.15) is 11.3 Å². The number of thiophene rings is 1. The zero-order valence-corrected chi connectivity index (χ0v) is 17.1. The number of non-ortho nitro benzene ring substituents is 1. The van der Waals surface area contributed by atoms with Crippen LogP contribution in [0.2, 0.25) is 5.02 Å². The fourth-order valence-corrected chi connectivity index (χ4v) is 3.53. The second-order valence-electron chi connectivity index (χ2n) is 6.16. The highest BCUT2D eigenvalue weighted by molar-refractivity contribution is 7.80. The van der Waals surface area contributed by atoms with Crippen LogP contribution in [-0.4, -0.2) is 42.1 Å². The van der Waals surface area contributed by atoms with Crippen molar-refractivity contribution in [3.05, 3.63) is 55.7 Å². The first kappa shape index (κ1) is 20.6. The maximum absolute atomic E-state index is 11.0. The summed E-state index contributed by atoms with van der Waals surface area (Å²) < 4.78 is 0. The first-order valence-electron chi connectivity index (χ1n) is 8.18. The van der Waals surface area contributed by atoms with E-state index >= 15 is 0 Å². The molecule has 0 fully saturated rings. The number of anilines is 1. The number of nitro benzene ring substituents is 1. The number of nitrogens with zero attached hydrogens (tertiary/aromatic N) is 2. The van der Waals surface area contributed by atoms with E-state index in [1.807, 2.05) is 11.4 Å². The molecule has 0 bridgehead atoms. The highest BCUT2D eigenvalue weighted by Gasteiger charge is 2.15. The van der Waals surface area contributed by atoms with Crippen LogP contribution in [0.3, 0.4) is 0 Å². The van der Waals surface area contributed by atoms with Gasteiger partial charge in [0, 0.05) is 30.0 Å². The van der Waals surface area contributed by atoms with Crippen molar-refractivity contribution in [3.63, 3.8) is 0 Å². The van der Waals surface area contributed by atoms with Crippen molar-refractivity contribution in [2.24, 2.45) is 0 Å². The number of hydrogen-bond acceptors (Lipinski definition) is 4. The number of nitrogens with one attached hydrogen (secondary N) is 2. The lowest BCUT2D eigenvalue weighted by atomic mass is 10.3. The quantitative estimate of drug-likeness (QED) is 0.395. The van der Waals surface area contributed by atoms with Gasteiger partial charge in [-0.25, -0.2) is 0 Å². The number of thiocarbonyl (C=S) groups is 1. The molecule has 2 N–H and O–H groups in total. The fraction of sp³-hybridized carbons (Fsp3) is 0.353. The number of hydrogen-bond donors (Lipinski definition) is 2. The average molecular weight is 414 g/mol. The number of rotatable bonds is 8. The summed E-state index contributed by atoms with van der Waals surface area (Å²) in [6.45, 7) is 2.52. The smallest absolute Gasteiger partial charge is 0.271 e. The van der Waals surface area contributed by atoms with Crippen molar-refractivity contribution in [1.29, 1.82) is 0 Å². The van der Waals surface area contributed by atoms with Crippen molar-refractivity contribution in [2.45, 2.75) is 13.0 Å². The predicted molar refractivity (Wildman–Crippen MR) is 111 cm³/mol. The second-order valence-corrected chi connectivity index (χ2v) is 7.99. The lowest BCUT2D eigenvalue weighted by molar-refractivity contribution is -0.858. The third kappa shape index (κ3) is 6.21. The molecule has 2 rings (SSSR count). The second kappa shape index (κ2) is 9.82. The molecule has 0 saturated heterocycles. The van der Waals surface area contributed by atoms with Crippen LogP contribution in [-0.2, 0) is 6.54 Å². The van der Waals surface area contributed by atoms with E-state index in [9.17, 15) is 10.1 Å². The molecule has 1 aromatic heterocycles. The summed E-state index contributed by atoms with van der Waals surface area (Å²) in [4.78, 5) is 15.2. The standard InChI is InChI=1S/C17H21ClN4O2S2/c1-20(2)8-4-9-21(12-14-5-3-10-26-14)17(25)19-16-11-13(22(23)24)6-7-15(16)18/h3,5-7,10-11H,4,8-9,12H2,1-2H3,(H,19,25)/p+1. The van der Waals surface area contributed by atoms with Gasteiger partial charge in [0.15, 0.2) is 5.11 Å². The highest BCUT2D eigenvalue weighted by Crippen LogP contribution is 2.27. The molecule has 0 aliphatic heterocycles. The largest absolute Gasteiger partial charge is 0.344 e. The number of halogens is 1. The highest BCUT2D eigenvalue weighted by atomic mass is 35.5. The van der Waals surface area contributed by atoms with E-state index in [0.29, 0.717) is 22.4 Å². The molecule has 0 radical (unpaired) electrons. The topological polar surface area (TPSA) is 62.8 Å². The van der Waals surface area contributed by atoms with Gasteiger partial charge < -0.3 is 15.1 Å². The molecule has 1 aromatic carbocycles. The average Bonchev–Trinajstić information content (AvgIpc) is 3.08. The van der Waals surface area contributed by atoms with Crippen LogP contribution < -0.4 is 10.2 Å². The Morgan fingerprint density at radius 3 is 2.81 bits per heavy atom. The van der Waals surface area contributed by atoms with Gasteiger partial charge >= 0.3 is 0 Å². The molecule has 0 saturated carbocycles. The van der Waals surface area contributed by atoms with E-state index in [0.717, 1.165) is 19.5 Å². The van der Waals surface area contributed by atoms with Gasteiger partial charge in [-0.3, -0.25) is 10.1 Å². The molecule has 140 valence electrons. The first-order chi connectivity index (χ1) is 12.4. The monoisotopic (exact) mass is 413 g/mol. The Labute approximate surface area is 167 Å². The Hall–Kier alpha value is -1.74. The summed E-state index contributed by atoms with van der Waals surface area (Å²) in [5.74, 6) is 0. The van der Waals surface area contributed by atoms with Crippen LogP contribution in [0, 0.1) is 10.1 Å². The van der Waals surface area contributed by atoms with Crippen molar-refractivity contribution in [1.82, 2.24) is 4.90 Å². The van der Waals surface area contributed by atoms with Crippen LogP contribution in [0.25, 0.3) is 0 Å². The molecule has 9 heteroatoms. The molecular formula is C17H22ClN4O2S2+. The molecule has 0 spiro atoms. The SMILES string of the molecule is C[NH+](C)CCCN(Cc1cccs1)C(=S)Nc1cc([N+](=O)[O-])ccc1Cl. The first-order valence-corrected chi connectivity index (χ1v) is 9.84. The van der Waals surface area contributed by atoms with Crippen LogP contribution in [0.4, 0.5) is 11.4 Å². The van der Waals surface area contributed by atoms with Gasteiger partial charge in [-0.15, -0.1) is 11.3 Å². The zero-order valence-electron chi connectivity index (χ0n) is 14.7. The van der Waals surface area contributed by atoms with Gasteiger partial charge in [0.05, 0.1) is 42.8 Å². The molecule has 26 heavy (non-hydrogen) atoms. The molecule has 6 nitrogen and oxygen atoms in total. The summed E-state index contributed by atoms with van der Waals surface area (Å²) in [5.41, 5.74) is 0.418. The molecule has 2 aromatic rings. The van der Waals surface area contributed by atoms with Gasteiger partial charge in [0.25, 0.3) is 5.69 Å². The van der Waals surface area contributed by atoms with Gasteiger partial charge in [0.2, 0.25) is 0 Å². The Kier molecular flexibility index (Phi) is 7.77. The number of benzene rings is 1. The minimum Gasteiger partial charge on any atom is -0.344 e. The summed E-state index contributed by atoms with van der Waals surface area (Å²) in [6, 6.07) is 8.36. The van der Waals surface area contributed by atoms with Gasteiger partial charge in [0.1, 0.15) is 0 Å². The molecule has 0 atom stereocenters. The van der Waals surface area contributed by atoms with E-state index in [1.165, 1.54) is 28.0 Å². The summed E-state index contributed by atoms with van der Waals surface area (Å²) in [5, 5.41) is 17.0. The molecular weight excluding hydrogens is 392 g/mol. The minimum atomic E-state index is -0.451. The Morgan fingerprint density at radius 1 is 1.42 bits per heavy atom. The van der Waals surface area contributed by atoms with E-state index in [-0.39, 0.29) is 5.69 Å². The van der Waals surface area contributed by atoms with Gasteiger partial charge in [-0.05, 0) is 29.7 Å². The van der Waals surface area contributed by atoms with Crippen molar-refractivity contribution in [2.75, 3.05) is 32.5 Å². The van der Waals surface area contributed by atoms with Gasteiger partial charge in [-0.1, -0.05) is 17.7 Å². The third-order valence-electron chi connectivity index (χ3n) is 3.72. The minimum absolute atomic E-state index is 0.0271. The van der Waals surface area contributed by atoms with Crippen molar-refractivity contribution in [3.8, 4) is 0 Å². The van der Waals surface area contributed by atoms with Crippen LogP contribution in [0.15, 0.2) is 35.7 Å². The van der Waals surface area contributed by atoms with Crippen LogP contribution in [0.5, 0.6) is 0 Å². The number of nitro groups is 1. The summed E-state index contributed by atoms with van der Waals surface area (Å²) in [7, 11) is 4.23. The van der Waals surface area contributed by atoms with E-state index < -0.39 is 4.92 Å². The molecule has 0 aliphatic rings. The maximum atomic E-state index is 11.0. The lowest BCUT2D eigenvalue weighted by Gasteiger charge is -2.26. The van der Waals surface area contributed by atoms with Gasteiger partial charge in [-0.2, -0.15) is 0 Å². The van der Waals surface area contributed by atoms with E-state index in [2.05, 4.69) is 30.4 Å². The molecule has 0 aliphatic carbocycles. The lowest BCUT2D eigenvalue weighted by Crippen LogP contribution is -3.05. The third-order valence-corrected chi connectivity index (χ3v) is 5.27. The fourth-order valence-electron chi connectivity index (χ4n) is 2.38. The molecule has 1 heterocycles. The summed E-state index contributed by atoms with van der Waals surface area (Å²) >= 11 is 13.4. The molecule has 0 amide bonds. The van der Waals surface area contributed by atoms with Crippen molar-refractivity contribution < 1.29 is 9.82 Å². The zero-order chi connectivity index (χ0) is 19.1. The Balaban J connectivity index is 2.12. The van der Waals surface area contributed by atoms with Crippen molar-refractivity contribution >= 4 is 51.6 Å². The van der Waals surface area contributed by atoms with E-state index in [1.54, 1.807) is 11.3 Å². The summed E-state index contributed by atoms with van der Waals surface area (Å²) in [6.07, 6.45) is 0.984. The predicted octanol–water partition coefficient (Wildman–Crippen LogP) is 3.04. The number of quaternary nitrogens is 1. The van der Waals surface area contributed by atoms with Crippen LogP contribution >= 0.6 is 35.2 Å². The normalized spacial score (nSPS) is 10.8. The molecule has 0 unspecified atom stereocenters. The Morgan fingerprint density at radius 2 is 2.19 bits per heavy atom.